The van der Waals surface area contributed by atoms with Gasteiger partial charge in [-0.3, -0.25) is 4.79 Å². The second-order valence-electron chi connectivity index (χ2n) is 7.09. The molecule has 1 heterocycles. The first-order chi connectivity index (χ1) is 14.3. The van der Waals surface area contributed by atoms with E-state index in [4.69, 9.17) is 11.6 Å². The molecule has 2 N–H and O–H groups in total. The zero-order chi connectivity index (χ0) is 21.5. The highest BCUT2D eigenvalue weighted by Gasteiger charge is 2.39. The van der Waals surface area contributed by atoms with E-state index in [1.165, 1.54) is 24.3 Å². The number of carboxylic acids is 1. The summed E-state index contributed by atoms with van der Waals surface area (Å²) in [6.07, 6.45) is 0.0348. The number of halogens is 1. The van der Waals surface area contributed by atoms with Crippen LogP contribution in [0.1, 0.15) is 11.1 Å². The van der Waals surface area contributed by atoms with Crippen LogP contribution in [0.3, 0.4) is 0 Å². The summed E-state index contributed by atoms with van der Waals surface area (Å²) < 4.78 is 27.5. The monoisotopic (exact) mass is 443 g/mol. The van der Waals surface area contributed by atoms with E-state index in [0.29, 0.717) is 16.1 Å². The van der Waals surface area contributed by atoms with Crippen molar-refractivity contribution in [1.82, 2.24) is 4.31 Å². The van der Waals surface area contributed by atoms with Gasteiger partial charge in [0.2, 0.25) is 10.0 Å². The van der Waals surface area contributed by atoms with Gasteiger partial charge >= 0.3 is 5.97 Å². The Morgan fingerprint density at radius 3 is 2.13 bits per heavy atom. The first-order valence-electron chi connectivity index (χ1n) is 9.17. The van der Waals surface area contributed by atoms with Crippen LogP contribution in [0.25, 0.3) is 11.1 Å². The SMILES string of the molecule is O=C(O)[C@@H]1Cc2ccc(O)cc2CN1S(=O)(=O)c1ccc(-c2ccc(Cl)cc2)cc1. The summed E-state index contributed by atoms with van der Waals surface area (Å²) in [5.41, 5.74) is 3.00. The quantitative estimate of drug-likeness (QED) is 0.637. The minimum Gasteiger partial charge on any atom is -0.508 e. The number of nitrogens with zero attached hydrogens (tertiary/aromatic N) is 1. The summed E-state index contributed by atoms with van der Waals surface area (Å²) in [4.78, 5) is 11.8. The van der Waals surface area contributed by atoms with Gasteiger partial charge in [-0.05, 0) is 58.7 Å². The molecule has 8 heteroatoms. The van der Waals surface area contributed by atoms with Gasteiger partial charge in [-0.25, -0.2) is 8.42 Å². The van der Waals surface area contributed by atoms with E-state index in [0.717, 1.165) is 15.4 Å². The van der Waals surface area contributed by atoms with Crippen molar-refractivity contribution in [2.24, 2.45) is 0 Å². The Balaban J connectivity index is 1.69. The second kappa shape index (κ2) is 7.75. The molecule has 3 aromatic carbocycles. The van der Waals surface area contributed by atoms with Crippen molar-refractivity contribution in [1.29, 1.82) is 0 Å². The molecule has 0 unspecified atom stereocenters. The average molecular weight is 444 g/mol. The molecule has 6 nitrogen and oxygen atoms in total. The Bertz CT molecular complexity index is 1210. The molecule has 1 atom stereocenters. The van der Waals surface area contributed by atoms with E-state index >= 15 is 0 Å². The highest BCUT2D eigenvalue weighted by molar-refractivity contribution is 7.89. The fourth-order valence-electron chi connectivity index (χ4n) is 3.61. The number of phenolic OH excluding ortho intramolecular Hbond substituents is 1. The molecule has 0 fully saturated rings. The number of aromatic hydroxyl groups is 1. The van der Waals surface area contributed by atoms with E-state index in [-0.39, 0.29) is 23.6 Å². The van der Waals surface area contributed by atoms with E-state index < -0.39 is 22.0 Å². The molecule has 1 aliphatic rings. The van der Waals surface area contributed by atoms with Gasteiger partial charge in [-0.15, -0.1) is 0 Å². The van der Waals surface area contributed by atoms with Crippen LogP contribution in [0.2, 0.25) is 5.02 Å². The van der Waals surface area contributed by atoms with Gasteiger partial charge in [-0.2, -0.15) is 4.31 Å². The summed E-state index contributed by atoms with van der Waals surface area (Å²) >= 11 is 5.91. The van der Waals surface area contributed by atoms with Crippen molar-refractivity contribution in [3.05, 3.63) is 82.9 Å². The Hall–Kier alpha value is -2.87. The first kappa shape index (κ1) is 20.4. The Labute approximate surface area is 179 Å². The third-order valence-corrected chi connectivity index (χ3v) is 7.32. The van der Waals surface area contributed by atoms with Gasteiger partial charge in [0.05, 0.1) is 4.90 Å². The number of carboxylic acid groups (broad SMARTS) is 1. The van der Waals surface area contributed by atoms with Crippen molar-refractivity contribution in [2.45, 2.75) is 23.9 Å². The summed E-state index contributed by atoms with van der Waals surface area (Å²) in [7, 11) is -4.07. The molecule has 30 heavy (non-hydrogen) atoms. The molecule has 0 spiro atoms. The fourth-order valence-corrected chi connectivity index (χ4v) is 5.29. The molecule has 0 bridgehead atoms. The lowest BCUT2D eigenvalue weighted by molar-refractivity contribution is -0.141. The zero-order valence-corrected chi connectivity index (χ0v) is 17.3. The summed E-state index contributed by atoms with van der Waals surface area (Å²) in [6, 6.07) is 16.8. The Morgan fingerprint density at radius 1 is 0.933 bits per heavy atom. The number of carbonyl (C=O) groups is 1. The minimum absolute atomic E-state index is 0.00666. The van der Waals surface area contributed by atoms with Gasteiger partial charge in [0, 0.05) is 18.0 Å². The van der Waals surface area contributed by atoms with E-state index in [1.807, 2.05) is 12.1 Å². The lowest BCUT2D eigenvalue weighted by atomic mass is 9.95. The van der Waals surface area contributed by atoms with Crippen LogP contribution >= 0.6 is 11.6 Å². The number of sulfonamides is 1. The predicted octanol–water partition coefficient (Wildman–Crippen LogP) is 3.91. The summed E-state index contributed by atoms with van der Waals surface area (Å²) in [5.74, 6) is -1.21. The molecule has 154 valence electrons. The highest BCUT2D eigenvalue weighted by atomic mass is 35.5. The van der Waals surface area contributed by atoms with Crippen LogP contribution in [0.5, 0.6) is 5.75 Å². The molecule has 0 saturated heterocycles. The molecular weight excluding hydrogens is 426 g/mol. The Morgan fingerprint density at radius 2 is 1.53 bits per heavy atom. The molecule has 0 aliphatic carbocycles. The van der Waals surface area contributed by atoms with Crippen LogP contribution in [-0.2, 0) is 27.8 Å². The molecular formula is C22H18ClNO5S. The lowest BCUT2D eigenvalue weighted by Gasteiger charge is -2.33. The maximum Gasteiger partial charge on any atom is 0.322 e. The van der Waals surface area contributed by atoms with Crippen LogP contribution in [-0.4, -0.2) is 34.9 Å². The number of fused-ring (bicyclic) bond motifs is 1. The molecule has 3 aromatic rings. The second-order valence-corrected chi connectivity index (χ2v) is 9.42. The number of rotatable bonds is 4. The molecule has 0 saturated carbocycles. The van der Waals surface area contributed by atoms with Crippen molar-refractivity contribution in [2.75, 3.05) is 0 Å². The molecule has 0 radical (unpaired) electrons. The van der Waals surface area contributed by atoms with Gasteiger partial charge in [-0.1, -0.05) is 41.9 Å². The van der Waals surface area contributed by atoms with Crippen LogP contribution in [0.4, 0.5) is 0 Å². The van der Waals surface area contributed by atoms with Gasteiger partial charge in [0.25, 0.3) is 0 Å². The summed E-state index contributed by atoms with van der Waals surface area (Å²) in [6.45, 7) is -0.123. The van der Waals surface area contributed by atoms with E-state index in [2.05, 4.69) is 0 Å². The molecule has 1 aliphatic heterocycles. The number of phenols is 1. The normalized spacial score (nSPS) is 16.8. The van der Waals surface area contributed by atoms with Crippen molar-refractivity contribution in [3.63, 3.8) is 0 Å². The van der Waals surface area contributed by atoms with Crippen LogP contribution in [0, 0.1) is 0 Å². The average Bonchev–Trinajstić information content (AvgIpc) is 2.73. The number of benzene rings is 3. The topological polar surface area (TPSA) is 94.9 Å². The molecule has 0 amide bonds. The van der Waals surface area contributed by atoms with Gasteiger partial charge < -0.3 is 10.2 Å². The number of hydrogen-bond acceptors (Lipinski definition) is 4. The number of hydrogen-bond donors (Lipinski definition) is 2. The third-order valence-electron chi connectivity index (χ3n) is 5.20. The summed E-state index contributed by atoms with van der Waals surface area (Å²) in [5, 5.41) is 20.0. The molecule has 4 rings (SSSR count). The smallest absolute Gasteiger partial charge is 0.322 e. The van der Waals surface area contributed by atoms with Crippen molar-refractivity contribution >= 4 is 27.6 Å². The maximum absolute atomic E-state index is 13.3. The highest BCUT2D eigenvalue weighted by Crippen LogP contribution is 2.32. The zero-order valence-electron chi connectivity index (χ0n) is 15.7. The fraction of sp³-hybridized carbons (Fsp3) is 0.136. The van der Waals surface area contributed by atoms with Gasteiger partial charge in [0.15, 0.2) is 0 Å². The van der Waals surface area contributed by atoms with Gasteiger partial charge in [0.1, 0.15) is 11.8 Å². The number of aliphatic carboxylic acids is 1. The van der Waals surface area contributed by atoms with E-state index in [9.17, 15) is 23.4 Å². The molecule has 0 aromatic heterocycles. The van der Waals surface area contributed by atoms with Crippen molar-refractivity contribution in [3.8, 4) is 16.9 Å². The minimum atomic E-state index is -4.07. The van der Waals surface area contributed by atoms with Crippen molar-refractivity contribution < 1.29 is 23.4 Å². The standard InChI is InChI=1S/C22H18ClNO5S/c23-18-6-1-14(2-7-18)15-4-9-20(10-5-15)30(28,29)24-13-17-11-19(25)8-3-16(17)12-21(24)22(26)27/h1-11,21,25H,12-13H2,(H,26,27)/t21-/m0/s1. The lowest BCUT2D eigenvalue weighted by Crippen LogP contribution is -2.48. The maximum atomic E-state index is 13.3. The first-order valence-corrected chi connectivity index (χ1v) is 11.0. The Kier molecular flexibility index (Phi) is 5.27. The van der Waals surface area contributed by atoms with E-state index in [1.54, 1.807) is 30.3 Å². The largest absolute Gasteiger partial charge is 0.508 e. The third kappa shape index (κ3) is 3.79. The predicted molar refractivity (Wildman–Crippen MR) is 113 cm³/mol. The van der Waals surface area contributed by atoms with Crippen LogP contribution < -0.4 is 0 Å². The van der Waals surface area contributed by atoms with Crippen LogP contribution in [0.15, 0.2) is 71.6 Å².